The monoisotopic (exact) mass is 152 g/mol. The van der Waals surface area contributed by atoms with E-state index in [2.05, 4.69) is 5.32 Å². The van der Waals surface area contributed by atoms with E-state index in [9.17, 15) is 9.59 Å². The average Bonchev–Trinajstić information content (AvgIpc) is 1.97. The van der Waals surface area contributed by atoms with Crippen LogP contribution in [0.5, 0.6) is 0 Å². The highest BCUT2D eigenvalue weighted by Crippen LogP contribution is 1.72. The first kappa shape index (κ1) is 9.90. The molecule has 0 unspecified atom stereocenters. The molecule has 4 nitrogen and oxygen atoms in total. The van der Waals surface area contributed by atoms with Gasteiger partial charge in [-0.15, -0.1) is 0 Å². The topological polar surface area (TPSA) is 72.2 Å². The number of nitrogens with one attached hydrogen (secondary N) is 1. The minimum atomic E-state index is -0.645. The molecular weight excluding hydrogens is 143 g/mol. The van der Waals surface area contributed by atoms with Gasteiger partial charge in [0.05, 0.1) is 5.68 Å². The molecule has 0 rings (SSSR count). The number of amides is 1. The Morgan fingerprint density at radius 2 is 2.09 bits per heavy atom. The quantitative estimate of drug-likeness (QED) is 0.373. The van der Waals surface area contributed by atoms with Crippen LogP contribution in [0.3, 0.4) is 0 Å². The van der Waals surface area contributed by atoms with Crippen molar-refractivity contribution in [2.45, 2.75) is 0 Å². The lowest BCUT2D eigenvalue weighted by molar-refractivity contribution is -0.116. The Morgan fingerprint density at radius 3 is 2.55 bits per heavy atom. The molecule has 0 saturated carbocycles. The average molecular weight is 152 g/mol. The normalized spacial score (nSPS) is 9.91. The Kier molecular flexibility index (Phi) is 5.11. The van der Waals surface area contributed by atoms with Gasteiger partial charge in [0.25, 0.3) is 0 Å². The lowest BCUT2D eigenvalue weighted by Crippen LogP contribution is -2.27. The maximum atomic E-state index is 10.6. The maximum absolute atomic E-state index is 10.6. The van der Waals surface area contributed by atoms with Crippen molar-refractivity contribution < 1.29 is 9.59 Å². The number of hydrogen-bond acceptors (Lipinski definition) is 3. The predicted octanol–water partition coefficient (Wildman–Crippen LogP) is -1.69. The molecule has 1 amide bonds. The second-order valence-corrected chi connectivity index (χ2v) is 1.82. The molecule has 0 bridgehead atoms. The minimum absolute atomic E-state index is 0.366. The fourth-order valence-electron chi connectivity index (χ4n) is 0.412. The third-order valence-electron chi connectivity index (χ3n) is 0.843. The second kappa shape index (κ2) is 5.67. The van der Waals surface area contributed by atoms with Crippen LogP contribution in [0.4, 0.5) is 0 Å². The molecule has 58 valence electrons. The van der Waals surface area contributed by atoms with Crippen LogP contribution in [-0.2, 0) is 9.59 Å². The first-order valence-electron chi connectivity index (χ1n) is 3.12. The molecule has 0 aliphatic heterocycles. The molecule has 5 heteroatoms. The third kappa shape index (κ3) is 6.79. The molecule has 11 heavy (non-hydrogen) atoms. The zero-order valence-electron chi connectivity index (χ0n) is 6.04. The van der Waals surface area contributed by atoms with E-state index in [0.717, 1.165) is 12.2 Å². The van der Waals surface area contributed by atoms with Crippen LogP contribution < -0.4 is 11.1 Å². The summed E-state index contributed by atoms with van der Waals surface area (Å²) in [5.41, 5.74) is 4.46. The number of nitrogens with two attached hydrogens (primary N) is 1. The summed E-state index contributed by atoms with van der Waals surface area (Å²) in [7, 11) is 4.74. The predicted molar refractivity (Wildman–Crippen MR) is 42.0 cm³/mol. The van der Waals surface area contributed by atoms with Crippen molar-refractivity contribution in [2.75, 3.05) is 13.1 Å². The highest BCUT2D eigenvalue weighted by molar-refractivity contribution is 6.61. The summed E-state index contributed by atoms with van der Waals surface area (Å²) in [6.07, 6.45) is 2.06. The van der Waals surface area contributed by atoms with E-state index in [1.165, 1.54) is 0 Å². The van der Waals surface area contributed by atoms with Gasteiger partial charge in [0.1, 0.15) is 0 Å². The van der Waals surface area contributed by atoms with Gasteiger partial charge in [-0.05, 0) is 6.08 Å². The van der Waals surface area contributed by atoms with Gasteiger partial charge in [-0.25, -0.2) is 0 Å². The molecule has 0 aromatic heterocycles. The van der Waals surface area contributed by atoms with Crippen molar-refractivity contribution in [1.82, 2.24) is 5.32 Å². The summed E-state index contributed by atoms with van der Waals surface area (Å²) < 4.78 is 0. The van der Waals surface area contributed by atoms with E-state index in [-0.39, 0.29) is 5.91 Å². The molecule has 2 radical (unpaired) electrons. The fraction of sp³-hybridized carbons (Fsp3) is 0.333. The summed E-state index contributed by atoms with van der Waals surface area (Å²) in [6.45, 7) is 0.762. The zero-order chi connectivity index (χ0) is 8.69. The lowest BCUT2D eigenvalue weighted by atomic mass is 10.0. The van der Waals surface area contributed by atoms with Gasteiger partial charge in [0.2, 0.25) is 5.91 Å². The summed E-state index contributed by atoms with van der Waals surface area (Å²) in [4.78, 5) is 20.8. The van der Waals surface area contributed by atoms with E-state index < -0.39 is 5.68 Å². The largest absolute Gasteiger partial charge is 0.351 e. The Morgan fingerprint density at radius 1 is 1.45 bits per heavy atom. The van der Waals surface area contributed by atoms with E-state index in [1.54, 1.807) is 0 Å². The van der Waals surface area contributed by atoms with Gasteiger partial charge >= 0.3 is 0 Å². The van der Waals surface area contributed by atoms with Crippen LogP contribution in [0.15, 0.2) is 12.2 Å². The van der Waals surface area contributed by atoms with E-state index in [0.29, 0.717) is 13.1 Å². The van der Waals surface area contributed by atoms with Gasteiger partial charge < -0.3 is 15.8 Å². The number of rotatable bonds is 4. The van der Waals surface area contributed by atoms with Crippen LogP contribution in [0.25, 0.3) is 0 Å². The SMILES string of the molecule is [B]C(=O)/C=C/C(=O)NCCN. The molecule has 0 spiro atoms. The molecule has 0 aliphatic carbocycles. The molecule has 0 aromatic carbocycles. The fourth-order valence-corrected chi connectivity index (χ4v) is 0.412. The van der Waals surface area contributed by atoms with Crippen molar-refractivity contribution >= 4 is 19.4 Å². The number of allylic oxidation sites excluding steroid dienone is 1. The standard InChI is InChI=1S/C6H9BN2O2/c7-5(10)1-2-6(11)9-4-3-8/h1-2H,3-4,8H2,(H,9,11)/b2-1+. The van der Waals surface area contributed by atoms with Crippen LogP contribution in [0.2, 0.25) is 0 Å². The lowest BCUT2D eigenvalue weighted by Gasteiger charge is -1.95. The minimum Gasteiger partial charge on any atom is -0.351 e. The molecule has 3 N–H and O–H groups in total. The van der Waals surface area contributed by atoms with Gasteiger partial charge in [-0.1, -0.05) is 0 Å². The van der Waals surface area contributed by atoms with Gasteiger partial charge in [0, 0.05) is 19.2 Å². The first-order valence-corrected chi connectivity index (χ1v) is 3.12. The Bertz CT molecular complexity index is 179. The van der Waals surface area contributed by atoms with Gasteiger partial charge in [0.15, 0.2) is 7.85 Å². The highest BCUT2D eigenvalue weighted by atomic mass is 16.1. The van der Waals surface area contributed by atoms with Crippen molar-refractivity contribution in [2.24, 2.45) is 5.73 Å². The smallest absolute Gasteiger partial charge is 0.244 e. The summed E-state index contributed by atoms with van der Waals surface area (Å²) >= 11 is 0. The van der Waals surface area contributed by atoms with Crippen LogP contribution in [-0.4, -0.2) is 32.5 Å². The number of carbonyl (C=O) groups is 2. The molecule has 0 atom stereocenters. The van der Waals surface area contributed by atoms with E-state index in [4.69, 9.17) is 13.6 Å². The number of carbonyl (C=O) groups excluding carboxylic acids is 2. The van der Waals surface area contributed by atoms with Crippen molar-refractivity contribution in [1.29, 1.82) is 0 Å². The molecule has 0 heterocycles. The molecule has 0 aromatic rings. The van der Waals surface area contributed by atoms with Crippen molar-refractivity contribution in [3.05, 3.63) is 12.2 Å². The molecule has 0 fully saturated rings. The second-order valence-electron chi connectivity index (χ2n) is 1.82. The molecular formula is C6H9BN2O2. The van der Waals surface area contributed by atoms with Crippen LogP contribution >= 0.6 is 0 Å². The highest BCUT2D eigenvalue weighted by Gasteiger charge is 1.91. The van der Waals surface area contributed by atoms with E-state index in [1.807, 2.05) is 0 Å². The summed E-state index contributed by atoms with van der Waals surface area (Å²) in [6, 6.07) is 0. The Balaban J connectivity index is 3.60. The van der Waals surface area contributed by atoms with Crippen molar-refractivity contribution in [3.63, 3.8) is 0 Å². The van der Waals surface area contributed by atoms with E-state index >= 15 is 0 Å². The summed E-state index contributed by atoms with van der Waals surface area (Å²) in [5.74, 6) is -0.366. The zero-order valence-corrected chi connectivity index (χ0v) is 6.04. The number of hydrogen-bond donors (Lipinski definition) is 2. The van der Waals surface area contributed by atoms with Crippen LogP contribution in [0, 0.1) is 0 Å². The molecule has 0 aliphatic rings. The van der Waals surface area contributed by atoms with Gasteiger partial charge in [-0.3, -0.25) is 4.79 Å². The van der Waals surface area contributed by atoms with Gasteiger partial charge in [-0.2, -0.15) is 0 Å². The van der Waals surface area contributed by atoms with Crippen molar-refractivity contribution in [3.8, 4) is 0 Å². The molecule has 0 saturated heterocycles. The van der Waals surface area contributed by atoms with Crippen LogP contribution in [0.1, 0.15) is 0 Å². The Labute approximate surface area is 66.2 Å². The maximum Gasteiger partial charge on any atom is 0.244 e. The summed E-state index contributed by atoms with van der Waals surface area (Å²) in [5, 5.41) is 2.43. The first-order chi connectivity index (χ1) is 5.16. The third-order valence-corrected chi connectivity index (χ3v) is 0.843. The Hall–Kier alpha value is -1.10.